The molecule has 0 saturated carbocycles. The summed E-state index contributed by atoms with van der Waals surface area (Å²) in [6, 6.07) is 5.79. The van der Waals surface area contributed by atoms with Crippen molar-refractivity contribution in [3.05, 3.63) is 23.8 Å². The van der Waals surface area contributed by atoms with Crippen molar-refractivity contribution in [2.75, 3.05) is 13.7 Å². The number of methoxy groups -OCH3 is 1. The summed E-state index contributed by atoms with van der Waals surface area (Å²) >= 11 is 0. The molecule has 0 fully saturated rings. The molecule has 0 aromatic heterocycles. The molecular weight excluding hydrogens is 256 g/mol. The van der Waals surface area contributed by atoms with Crippen LogP contribution in [-0.2, 0) is 11.3 Å². The molecule has 5 nitrogen and oxygen atoms in total. The van der Waals surface area contributed by atoms with Crippen LogP contribution >= 0.6 is 0 Å². The highest BCUT2D eigenvalue weighted by Crippen LogP contribution is 2.28. The standard InChI is InChI=1S/C15H24N2O3/c1-5-20-13-8-11(6-7-12(13)19-4)10-17-15(2,3)9-14(16)18/h6-8,17H,5,9-10H2,1-4H3,(H2,16,18). The van der Waals surface area contributed by atoms with Crippen LogP contribution in [0.15, 0.2) is 18.2 Å². The predicted octanol–water partition coefficient (Wildman–Crippen LogP) is 1.84. The van der Waals surface area contributed by atoms with Crippen LogP contribution in [0.2, 0.25) is 0 Å². The highest BCUT2D eigenvalue weighted by atomic mass is 16.5. The van der Waals surface area contributed by atoms with Crippen molar-refractivity contribution in [2.24, 2.45) is 5.73 Å². The minimum atomic E-state index is -0.336. The Morgan fingerprint density at radius 2 is 2.05 bits per heavy atom. The Hall–Kier alpha value is -1.75. The maximum atomic E-state index is 11.0. The number of ether oxygens (including phenoxy) is 2. The average Bonchev–Trinajstić information content (AvgIpc) is 2.36. The second-order valence-electron chi connectivity index (χ2n) is 5.30. The molecule has 20 heavy (non-hydrogen) atoms. The van der Waals surface area contributed by atoms with Crippen LogP contribution in [0.5, 0.6) is 11.5 Å². The minimum absolute atomic E-state index is 0.293. The lowest BCUT2D eigenvalue weighted by molar-refractivity contribution is -0.119. The second-order valence-corrected chi connectivity index (χ2v) is 5.30. The second kappa shape index (κ2) is 7.14. The molecule has 1 rings (SSSR count). The summed E-state index contributed by atoms with van der Waals surface area (Å²) in [5.41, 5.74) is 5.96. The summed E-state index contributed by atoms with van der Waals surface area (Å²) in [5.74, 6) is 1.13. The van der Waals surface area contributed by atoms with Crippen LogP contribution in [0.4, 0.5) is 0 Å². The number of carbonyl (C=O) groups is 1. The number of primary amides is 1. The van der Waals surface area contributed by atoms with E-state index < -0.39 is 0 Å². The molecule has 5 heteroatoms. The van der Waals surface area contributed by atoms with E-state index in [1.54, 1.807) is 7.11 Å². The smallest absolute Gasteiger partial charge is 0.219 e. The Morgan fingerprint density at radius 3 is 2.60 bits per heavy atom. The molecule has 1 amide bonds. The average molecular weight is 280 g/mol. The maximum absolute atomic E-state index is 11.0. The third kappa shape index (κ3) is 5.09. The van der Waals surface area contributed by atoms with Crippen LogP contribution in [0.25, 0.3) is 0 Å². The van der Waals surface area contributed by atoms with Crippen molar-refractivity contribution in [3.63, 3.8) is 0 Å². The van der Waals surface area contributed by atoms with E-state index in [4.69, 9.17) is 15.2 Å². The van der Waals surface area contributed by atoms with E-state index in [9.17, 15) is 4.79 Å². The normalized spacial score (nSPS) is 11.2. The van der Waals surface area contributed by atoms with Gasteiger partial charge in [-0.2, -0.15) is 0 Å². The van der Waals surface area contributed by atoms with Crippen LogP contribution in [0, 0.1) is 0 Å². The molecule has 112 valence electrons. The summed E-state index contributed by atoms with van der Waals surface area (Å²) < 4.78 is 10.8. The van der Waals surface area contributed by atoms with Crippen molar-refractivity contribution in [1.82, 2.24) is 5.32 Å². The molecule has 1 aromatic rings. The molecule has 0 spiro atoms. The number of rotatable bonds is 8. The molecule has 0 radical (unpaired) electrons. The van der Waals surface area contributed by atoms with Crippen molar-refractivity contribution in [1.29, 1.82) is 0 Å². The number of nitrogens with one attached hydrogen (secondary N) is 1. The Bertz CT molecular complexity index is 458. The topological polar surface area (TPSA) is 73.6 Å². The SMILES string of the molecule is CCOc1cc(CNC(C)(C)CC(N)=O)ccc1OC. The Balaban J connectivity index is 2.73. The van der Waals surface area contributed by atoms with Gasteiger partial charge in [0.05, 0.1) is 13.7 Å². The Kier molecular flexibility index (Phi) is 5.82. The van der Waals surface area contributed by atoms with E-state index in [0.29, 0.717) is 25.3 Å². The molecule has 0 aliphatic rings. The zero-order valence-corrected chi connectivity index (χ0v) is 12.7. The lowest BCUT2D eigenvalue weighted by Gasteiger charge is -2.25. The van der Waals surface area contributed by atoms with E-state index in [2.05, 4.69) is 5.32 Å². The number of hydrogen-bond acceptors (Lipinski definition) is 4. The summed E-state index contributed by atoms with van der Waals surface area (Å²) in [6.45, 7) is 7.04. The Labute approximate surface area is 120 Å². The van der Waals surface area contributed by atoms with Gasteiger partial charge in [-0.1, -0.05) is 6.07 Å². The summed E-state index contributed by atoms with van der Waals surface area (Å²) in [4.78, 5) is 11.0. The molecular formula is C15H24N2O3. The first-order valence-corrected chi connectivity index (χ1v) is 6.71. The fraction of sp³-hybridized carbons (Fsp3) is 0.533. The van der Waals surface area contributed by atoms with Gasteiger partial charge < -0.3 is 20.5 Å². The fourth-order valence-electron chi connectivity index (χ4n) is 1.94. The monoisotopic (exact) mass is 280 g/mol. The number of carbonyl (C=O) groups excluding carboxylic acids is 1. The molecule has 0 aliphatic carbocycles. The van der Waals surface area contributed by atoms with Gasteiger partial charge in [-0.05, 0) is 38.5 Å². The largest absolute Gasteiger partial charge is 0.493 e. The zero-order chi connectivity index (χ0) is 15.2. The first kappa shape index (κ1) is 16.3. The first-order chi connectivity index (χ1) is 9.38. The van der Waals surface area contributed by atoms with Crippen molar-refractivity contribution in [2.45, 2.75) is 39.3 Å². The number of benzene rings is 1. The van der Waals surface area contributed by atoms with E-state index >= 15 is 0 Å². The van der Waals surface area contributed by atoms with Gasteiger partial charge in [-0.15, -0.1) is 0 Å². The minimum Gasteiger partial charge on any atom is -0.493 e. The van der Waals surface area contributed by atoms with Gasteiger partial charge in [0.1, 0.15) is 0 Å². The number of amides is 1. The molecule has 0 unspecified atom stereocenters. The van der Waals surface area contributed by atoms with Crippen molar-refractivity contribution >= 4 is 5.91 Å². The summed E-state index contributed by atoms with van der Waals surface area (Å²) in [7, 11) is 1.62. The van der Waals surface area contributed by atoms with E-state index in [1.165, 1.54) is 0 Å². The van der Waals surface area contributed by atoms with Crippen molar-refractivity contribution < 1.29 is 14.3 Å². The highest BCUT2D eigenvalue weighted by Gasteiger charge is 2.19. The molecule has 0 aliphatic heterocycles. The zero-order valence-electron chi connectivity index (χ0n) is 12.7. The number of nitrogens with two attached hydrogens (primary N) is 1. The van der Waals surface area contributed by atoms with Gasteiger partial charge in [-0.25, -0.2) is 0 Å². The van der Waals surface area contributed by atoms with E-state index in [0.717, 1.165) is 11.3 Å². The van der Waals surface area contributed by atoms with Crippen LogP contribution in [0.1, 0.15) is 32.8 Å². The van der Waals surface area contributed by atoms with Crippen LogP contribution < -0.4 is 20.5 Å². The first-order valence-electron chi connectivity index (χ1n) is 6.71. The van der Waals surface area contributed by atoms with Gasteiger partial charge in [0.15, 0.2) is 11.5 Å². The fourth-order valence-corrected chi connectivity index (χ4v) is 1.94. The molecule has 3 N–H and O–H groups in total. The van der Waals surface area contributed by atoms with Crippen molar-refractivity contribution in [3.8, 4) is 11.5 Å². The quantitative estimate of drug-likeness (QED) is 0.762. The maximum Gasteiger partial charge on any atom is 0.219 e. The lowest BCUT2D eigenvalue weighted by atomic mass is 10.00. The third-order valence-corrected chi connectivity index (χ3v) is 2.92. The van der Waals surface area contributed by atoms with E-state index in [-0.39, 0.29) is 11.4 Å². The summed E-state index contributed by atoms with van der Waals surface area (Å²) in [5, 5.41) is 3.32. The van der Waals surface area contributed by atoms with Gasteiger partial charge in [0, 0.05) is 18.5 Å². The molecule has 0 bridgehead atoms. The van der Waals surface area contributed by atoms with Gasteiger partial charge in [-0.3, -0.25) is 4.79 Å². The highest BCUT2D eigenvalue weighted by molar-refractivity contribution is 5.75. The van der Waals surface area contributed by atoms with Gasteiger partial charge in [0.25, 0.3) is 0 Å². The predicted molar refractivity (Wildman–Crippen MR) is 78.9 cm³/mol. The van der Waals surface area contributed by atoms with Crippen LogP contribution in [0.3, 0.4) is 0 Å². The van der Waals surface area contributed by atoms with Crippen LogP contribution in [-0.4, -0.2) is 25.2 Å². The third-order valence-electron chi connectivity index (χ3n) is 2.92. The molecule has 0 saturated heterocycles. The molecule has 0 atom stereocenters. The number of hydrogen-bond donors (Lipinski definition) is 2. The van der Waals surface area contributed by atoms with Gasteiger partial charge in [0.2, 0.25) is 5.91 Å². The Morgan fingerprint density at radius 1 is 1.35 bits per heavy atom. The molecule has 1 aromatic carbocycles. The van der Waals surface area contributed by atoms with E-state index in [1.807, 2.05) is 39.0 Å². The lowest BCUT2D eigenvalue weighted by Crippen LogP contribution is -2.42. The molecule has 0 heterocycles. The van der Waals surface area contributed by atoms with Gasteiger partial charge >= 0.3 is 0 Å². The summed E-state index contributed by atoms with van der Waals surface area (Å²) in [6.07, 6.45) is 0.293.